The summed E-state index contributed by atoms with van der Waals surface area (Å²) in [5.41, 5.74) is 0. The molecule has 2 saturated heterocycles. The van der Waals surface area contributed by atoms with Crippen molar-refractivity contribution in [3.05, 3.63) is 0 Å². The minimum atomic E-state index is -1.06. The summed E-state index contributed by atoms with van der Waals surface area (Å²) in [6, 6.07) is -1.20. The van der Waals surface area contributed by atoms with Crippen LogP contribution in [0.1, 0.15) is 12.8 Å². The van der Waals surface area contributed by atoms with Crippen molar-refractivity contribution in [1.29, 1.82) is 0 Å². The summed E-state index contributed by atoms with van der Waals surface area (Å²) < 4.78 is 5.07. The fraction of sp³-hybridized carbons (Fsp3) is 0.833. The van der Waals surface area contributed by atoms with Crippen LogP contribution in [0.5, 0.6) is 0 Å². The Hall–Kier alpha value is -1.34. The maximum atomic E-state index is 12.3. The monoisotopic (exact) mass is 272 g/mol. The third-order valence-corrected chi connectivity index (χ3v) is 3.77. The lowest BCUT2D eigenvalue weighted by atomic mass is 10.1. The van der Waals surface area contributed by atoms with E-state index >= 15 is 0 Å². The van der Waals surface area contributed by atoms with Crippen molar-refractivity contribution in [3.63, 3.8) is 0 Å². The molecule has 0 radical (unpaired) electrons. The van der Waals surface area contributed by atoms with E-state index in [2.05, 4.69) is 0 Å². The van der Waals surface area contributed by atoms with Crippen molar-refractivity contribution in [1.82, 2.24) is 9.80 Å². The van der Waals surface area contributed by atoms with Gasteiger partial charge in [-0.25, -0.2) is 9.59 Å². The molecule has 0 aromatic heterocycles. The molecule has 2 amide bonds. The number of amides is 2. The molecule has 0 aromatic carbocycles. The van der Waals surface area contributed by atoms with Crippen LogP contribution < -0.4 is 0 Å². The lowest BCUT2D eigenvalue weighted by Gasteiger charge is -2.27. The van der Waals surface area contributed by atoms with Crippen LogP contribution >= 0.6 is 0 Å². The minimum absolute atomic E-state index is 0.0985. The van der Waals surface area contributed by atoms with Gasteiger partial charge in [-0.15, -0.1) is 0 Å². The smallest absolute Gasteiger partial charge is 0.326 e. The van der Waals surface area contributed by atoms with Crippen molar-refractivity contribution < 1.29 is 24.5 Å². The zero-order chi connectivity index (χ0) is 14.0. The molecule has 108 valence electrons. The number of ether oxygens (including phenoxy) is 1. The Morgan fingerprint density at radius 3 is 2.74 bits per heavy atom. The first-order valence-electron chi connectivity index (χ1n) is 6.48. The first kappa shape index (κ1) is 14.1. The highest BCUT2D eigenvalue weighted by Crippen LogP contribution is 2.23. The highest BCUT2D eigenvalue weighted by Gasteiger charge is 2.41. The first-order chi connectivity index (χ1) is 9.02. The number of aliphatic hydroxyl groups is 1. The summed E-state index contributed by atoms with van der Waals surface area (Å²) in [5.74, 6) is -0.748. The van der Waals surface area contributed by atoms with Gasteiger partial charge in [0.1, 0.15) is 6.04 Å². The second kappa shape index (κ2) is 5.75. The lowest BCUT2D eigenvalue weighted by Crippen LogP contribution is -2.47. The lowest BCUT2D eigenvalue weighted by molar-refractivity contribution is -0.141. The van der Waals surface area contributed by atoms with Crippen LogP contribution in [0, 0.1) is 5.92 Å². The van der Waals surface area contributed by atoms with Gasteiger partial charge < -0.3 is 24.7 Å². The van der Waals surface area contributed by atoms with Crippen LogP contribution in [-0.2, 0) is 9.53 Å². The highest BCUT2D eigenvalue weighted by atomic mass is 16.5. The maximum absolute atomic E-state index is 12.3. The van der Waals surface area contributed by atoms with Crippen molar-refractivity contribution in [3.8, 4) is 0 Å². The summed E-state index contributed by atoms with van der Waals surface area (Å²) in [6.45, 7) is 1.91. The molecule has 0 bridgehead atoms. The van der Waals surface area contributed by atoms with Gasteiger partial charge in [0.15, 0.2) is 0 Å². The van der Waals surface area contributed by atoms with Crippen molar-refractivity contribution in [2.75, 3.05) is 33.4 Å². The third-order valence-electron chi connectivity index (χ3n) is 3.77. The molecular formula is C12H20N2O5. The van der Waals surface area contributed by atoms with Gasteiger partial charge in [-0.1, -0.05) is 0 Å². The molecule has 3 atom stereocenters. The number of hydrogen-bond acceptors (Lipinski definition) is 4. The zero-order valence-corrected chi connectivity index (χ0v) is 11.0. The van der Waals surface area contributed by atoms with Crippen LogP contribution in [-0.4, -0.2) is 77.5 Å². The summed E-state index contributed by atoms with van der Waals surface area (Å²) in [5, 5.41) is 18.6. The number of carbonyl (C=O) groups is 2. The highest BCUT2D eigenvalue weighted by molar-refractivity contribution is 5.83. The van der Waals surface area contributed by atoms with Crippen molar-refractivity contribution >= 4 is 12.0 Å². The molecule has 0 aliphatic carbocycles. The summed E-state index contributed by atoms with van der Waals surface area (Å²) in [4.78, 5) is 26.3. The van der Waals surface area contributed by atoms with E-state index in [0.29, 0.717) is 25.6 Å². The molecule has 7 heteroatoms. The molecule has 7 nitrogen and oxygen atoms in total. The molecule has 2 N–H and O–H groups in total. The van der Waals surface area contributed by atoms with E-state index in [-0.39, 0.29) is 19.0 Å². The molecule has 0 saturated carbocycles. The summed E-state index contributed by atoms with van der Waals surface area (Å²) in [7, 11) is 1.63. The molecule has 2 fully saturated rings. The number of carbonyl (C=O) groups excluding carboxylic acids is 1. The molecule has 19 heavy (non-hydrogen) atoms. The van der Waals surface area contributed by atoms with Crippen LogP contribution in [0.15, 0.2) is 0 Å². The number of aliphatic carboxylic acids is 1. The Morgan fingerprint density at radius 1 is 1.37 bits per heavy atom. The van der Waals surface area contributed by atoms with E-state index in [1.54, 1.807) is 12.0 Å². The second-order valence-electron chi connectivity index (χ2n) is 5.23. The van der Waals surface area contributed by atoms with Crippen LogP contribution in [0.25, 0.3) is 0 Å². The molecule has 0 aromatic rings. The SMILES string of the molecule is COCC1CCN(C(=O)N2CC(O)C[C@H]2C(=O)O)C1. The first-order valence-corrected chi connectivity index (χ1v) is 6.48. The Balaban J connectivity index is 1.97. The number of aliphatic hydroxyl groups excluding tert-OH is 1. The summed E-state index contributed by atoms with van der Waals surface area (Å²) >= 11 is 0. The van der Waals surface area contributed by atoms with Crippen LogP contribution in [0.4, 0.5) is 4.79 Å². The standard InChI is InChI=1S/C12H20N2O5/c1-19-7-8-2-3-13(5-8)12(18)14-6-9(15)4-10(14)11(16)17/h8-10,15H,2-7H2,1H3,(H,16,17)/t8?,9?,10-/m0/s1. The molecule has 2 heterocycles. The van der Waals surface area contributed by atoms with Gasteiger partial charge in [-0.05, 0) is 6.42 Å². The van der Waals surface area contributed by atoms with E-state index in [0.717, 1.165) is 6.42 Å². The number of likely N-dealkylation sites (tertiary alicyclic amines) is 2. The van der Waals surface area contributed by atoms with Gasteiger partial charge in [0.2, 0.25) is 0 Å². The number of carboxylic acid groups (broad SMARTS) is 1. The van der Waals surface area contributed by atoms with E-state index in [1.165, 1.54) is 4.90 Å². The number of nitrogens with zero attached hydrogens (tertiary/aromatic N) is 2. The van der Waals surface area contributed by atoms with E-state index < -0.39 is 18.1 Å². The molecule has 2 aliphatic rings. The number of methoxy groups -OCH3 is 1. The minimum Gasteiger partial charge on any atom is -0.480 e. The topological polar surface area (TPSA) is 90.3 Å². The van der Waals surface area contributed by atoms with E-state index in [9.17, 15) is 14.7 Å². The van der Waals surface area contributed by atoms with Crippen molar-refractivity contribution in [2.45, 2.75) is 25.0 Å². The molecule has 2 rings (SSSR count). The summed E-state index contributed by atoms with van der Waals surface area (Å²) in [6.07, 6.45) is 0.229. The number of hydrogen-bond donors (Lipinski definition) is 2. The van der Waals surface area contributed by atoms with Gasteiger partial charge in [0.25, 0.3) is 0 Å². The molecule has 2 aliphatic heterocycles. The Morgan fingerprint density at radius 2 is 2.11 bits per heavy atom. The maximum Gasteiger partial charge on any atom is 0.326 e. The van der Waals surface area contributed by atoms with E-state index in [1.807, 2.05) is 0 Å². The van der Waals surface area contributed by atoms with Gasteiger partial charge in [-0.3, -0.25) is 0 Å². The number of urea groups is 1. The fourth-order valence-electron chi connectivity index (χ4n) is 2.82. The fourth-order valence-corrected chi connectivity index (χ4v) is 2.82. The third kappa shape index (κ3) is 2.98. The Kier molecular flexibility index (Phi) is 4.26. The number of rotatable bonds is 3. The molecular weight excluding hydrogens is 252 g/mol. The van der Waals surface area contributed by atoms with Gasteiger partial charge in [0, 0.05) is 39.1 Å². The number of carboxylic acids is 1. The predicted octanol–water partition coefficient (Wildman–Crippen LogP) is -0.405. The van der Waals surface area contributed by atoms with Crippen molar-refractivity contribution in [2.24, 2.45) is 5.92 Å². The van der Waals surface area contributed by atoms with Crippen LogP contribution in [0.3, 0.4) is 0 Å². The van der Waals surface area contributed by atoms with Gasteiger partial charge >= 0.3 is 12.0 Å². The second-order valence-corrected chi connectivity index (χ2v) is 5.23. The largest absolute Gasteiger partial charge is 0.480 e. The average molecular weight is 272 g/mol. The zero-order valence-electron chi connectivity index (χ0n) is 11.0. The number of β-amino-alcohol motifs (C(OH)–C–C–N with tert-alkyl or cyclic N) is 1. The van der Waals surface area contributed by atoms with E-state index in [4.69, 9.17) is 9.84 Å². The quantitative estimate of drug-likeness (QED) is 0.729. The normalized spacial score (nSPS) is 30.9. The molecule has 0 spiro atoms. The van der Waals surface area contributed by atoms with Gasteiger partial charge in [-0.2, -0.15) is 0 Å². The average Bonchev–Trinajstić information content (AvgIpc) is 2.95. The Labute approximate surface area is 111 Å². The van der Waals surface area contributed by atoms with Gasteiger partial charge in [0.05, 0.1) is 12.7 Å². The van der Waals surface area contributed by atoms with Crippen LogP contribution in [0.2, 0.25) is 0 Å². The Bertz CT molecular complexity index is 362. The predicted molar refractivity (Wildman–Crippen MR) is 65.7 cm³/mol. The molecule has 2 unspecified atom stereocenters.